The average Bonchev–Trinajstić information content (AvgIpc) is 2.80. The van der Waals surface area contributed by atoms with Crippen molar-refractivity contribution in [3.63, 3.8) is 0 Å². The molecule has 0 aromatic heterocycles. The Morgan fingerprint density at radius 2 is 1.72 bits per heavy atom. The lowest BCUT2D eigenvalue weighted by molar-refractivity contribution is -0.396. The van der Waals surface area contributed by atoms with E-state index in [0.717, 1.165) is 54.6 Å². The van der Waals surface area contributed by atoms with Crippen LogP contribution in [0, 0.1) is 20.2 Å². The van der Waals surface area contributed by atoms with Crippen LogP contribution in [-0.4, -0.2) is 41.0 Å². The topological polar surface area (TPSA) is 98.8 Å². The predicted molar refractivity (Wildman–Crippen MR) is 123 cm³/mol. The van der Waals surface area contributed by atoms with Crippen molar-refractivity contribution in [3.8, 4) is 0 Å². The second-order valence-corrected chi connectivity index (χ2v) is 8.71. The van der Waals surface area contributed by atoms with Crippen molar-refractivity contribution in [2.45, 2.75) is 24.2 Å². The van der Waals surface area contributed by atoms with Gasteiger partial charge in [0.2, 0.25) is 0 Å². The van der Waals surface area contributed by atoms with Crippen LogP contribution < -0.4 is 0 Å². The lowest BCUT2D eigenvalue weighted by Crippen LogP contribution is -2.37. The maximum Gasteiger partial charge on any atom is 0.290 e. The Labute approximate surface area is 189 Å². The van der Waals surface area contributed by atoms with Gasteiger partial charge < -0.3 is 9.64 Å². The Kier molecular flexibility index (Phi) is 6.87. The van der Waals surface area contributed by atoms with Gasteiger partial charge in [-0.25, -0.2) is 0 Å². The summed E-state index contributed by atoms with van der Waals surface area (Å²) in [5, 5.41) is 22.7. The van der Waals surface area contributed by atoms with Gasteiger partial charge >= 0.3 is 0 Å². The molecule has 0 amide bonds. The number of hydrogen-bond acceptors (Lipinski definition) is 7. The van der Waals surface area contributed by atoms with Crippen LogP contribution in [0.15, 0.2) is 69.6 Å². The summed E-state index contributed by atoms with van der Waals surface area (Å²) in [4.78, 5) is 25.4. The van der Waals surface area contributed by atoms with Crippen LogP contribution in [0.25, 0.3) is 6.08 Å². The SMILES string of the molecule is O=[N+]([O-])c1ccc(SC2=C(N3CCOCC3)C(=Cc3ccccc3)CCC2)c([N+](=O)[O-])c1. The summed E-state index contributed by atoms with van der Waals surface area (Å²) in [7, 11) is 0. The fourth-order valence-corrected chi connectivity index (χ4v) is 5.24. The first-order valence-electron chi connectivity index (χ1n) is 10.5. The Balaban J connectivity index is 1.77. The molecule has 4 rings (SSSR count). The molecule has 2 aromatic rings. The van der Waals surface area contributed by atoms with Gasteiger partial charge in [0.1, 0.15) is 0 Å². The highest BCUT2D eigenvalue weighted by atomic mass is 32.2. The van der Waals surface area contributed by atoms with Crippen LogP contribution in [0.3, 0.4) is 0 Å². The summed E-state index contributed by atoms with van der Waals surface area (Å²) in [6.45, 7) is 2.79. The van der Waals surface area contributed by atoms with Crippen molar-refractivity contribution < 1.29 is 14.6 Å². The highest BCUT2D eigenvalue weighted by Crippen LogP contribution is 2.45. The highest BCUT2D eigenvalue weighted by molar-refractivity contribution is 8.03. The zero-order chi connectivity index (χ0) is 22.5. The zero-order valence-electron chi connectivity index (χ0n) is 17.4. The third-order valence-electron chi connectivity index (χ3n) is 5.47. The molecule has 166 valence electrons. The van der Waals surface area contributed by atoms with Crippen LogP contribution in [0.4, 0.5) is 11.4 Å². The van der Waals surface area contributed by atoms with E-state index in [2.05, 4.69) is 23.1 Å². The van der Waals surface area contributed by atoms with Gasteiger partial charge in [-0.3, -0.25) is 20.2 Å². The molecule has 0 unspecified atom stereocenters. The summed E-state index contributed by atoms with van der Waals surface area (Å²) in [6, 6.07) is 14.0. The van der Waals surface area contributed by atoms with Gasteiger partial charge in [-0.15, -0.1) is 0 Å². The van der Waals surface area contributed by atoms with E-state index >= 15 is 0 Å². The first-order chi connectivity index (χ1) is 15.5. The van der Waals surface area contributed by atoms with Gasteiger partial charge in [0.15, 0.2) is 0 Å². The monoisotopic (exact) mass is 453 g/mol. The number of morpholine rings is 1. The average molecular weight is 454 g/mol. The molecule has 1 heterocycles. The third-order valence-corrected chi connectivity index (χ3v) is 6.68. The quantitative estimate of drug-likeness (QED) is 0.426. The minimum Gasteiger partial charge on any atom is -0.378 e. The first kappa shape index (κ1) is 22.0. The molecule has 32 heavy (non-hydrogen) atoms. The number of hydrogen-bond donors (Lipinski definition) is 0. The first-order valence-corrected chi connectivity index (χ1v) is 11.3. The van der Waals surface area contributed by atoms with E-state index in [9.17, 15) is 20.2 Å². The Bertz CT molecular complexity index is 1080. The van der Waals surface area contributed by atoms with Crippen LogP contribution in [0.2, 0.25) is 0 Å². The standard InChI is InChI=1S/C23H23N3O5S/c27-25(28)19-9-10-21(20(16-19)26(29)30)32-22-8-4-7-18(15-17-5-2-1-3-6-17)23(22)24-11-13-31-14-12-24/h1-3,5-6,9-10,15-16H,4,7-8,11-14H2. The molecule has 8 nitrogen and oxygen atoms in total. The van der Waals surface area contributed by atoms with Crippen molar-refractivity contribution in [1.82, 2.24) is 4.90 Å². The Morgan fingerprint density at radius 3 is 2.41 bits per heavy atom. The van der Waals surface area contributed by atoms with Gasteiger partial charge in [-0.1, -0.05) is 42.1 Å². The number of nitro groups is 2. The minimum absolute atomic E-state index is 0.239. The second-order valence-electron chi connectivity index (χ2n) is 7.57. The maximum absolute atomic E-state index is 11.6. The number of allylic oxidation sites excluding steroid dienone is 2. The Hall–Kier alpha value is -3.17. The molecule has 0 bridgehead atoms. The van der Waals surface area contributed by atoms with Crippen LogP contribution in [0.5, 0.6) is 0 Å². The molecule has 1 saturated heterocycles. The number of rotatable bonds is 6. The fourth-order valence-electron chi connectivity index (χ4n) is 3.99. The largest absolute Gasteiger partial charge is 0.378 e. The number of thioether (sulfide) groups is 1. The molecule has 0 spiro atoms. The molecule has 0 radical (unpaired) electrons. The van der Waals surface area contributed by atoms with Crippen LogP contribution in [0.1, 0.15) is 24.8 Å². The van der Waals surface area contributed by atoms with Crippen molar-refractivity contribution in [2.75, 3.05) is 26.3 Å². The summed E-state index contributed by atoms with van der Waals surface area (Å²) >= 11 is 1.35. The third kappa shape index (κ3) is 5.00. The van der Waals surface area contributed by atoms with Gasteiger partial charge in [-0.2, -0.15) is 0 Å². The normalized spacial score (nSPS) is 18.1. The molecule has 2 aromatic carbocycles. The van der Waals surface area contributed by atoms with Crippen molar-refractivity contribution >= 4 is 29.2 Å². The molecular weight excluding hydrogens is 430 g/mol. The Morgan fingerprint density at radius 1 is 0.969 bits per heavy atom. The summed E-state index contributed by atoms with van der Waals surface area (Å²) in [5.74, 6) is 0. The summed E-state index contributed by atoms with van der Waals surface area (Å²) < 4.78 is 5.54. The molecule has 1 aliphatic carbocycles. The van der Waals surface area contributed by atoms with Crippen LogP contribution >= 0.6 is 11.8 Å². The van der Waals surface area contributed by atoms with E-state index in [-0.39, 0.29) is 11.4 Å². The predicted octanol–water partition coefficient (Wildman–Crippen LogP) is 5.41. The van der Waals surface area contributed by atoms with E-state index in [1.54, 1.807) is 0 Å². The lowest BCUT2D eigenvalue weighted by atomic mass is 9.95. The molecule has 0 N–H and O–H groups in total. The van der Waals surface area contributed by atoms with Gasteiger partial charge in [0.25, 0.3) is 11.4 Å². The van der Waals surface area contributed by atoms with Crippen LogP contribution in [-0.2, 0) is 4.74 Å². The minimum atomic E-state index is -0.610. The van der Waals surface area contributed by atoms with Gasteiger partial charge in [-0.05, 0) is 42.5 Å². The summed E-state index contributed by atoms with van der Waals surface area (Å²) in [5.41, 5.74) is 2.91. The fraction of sp³-hybridized carbons (Fsp3) is 0.304. The lowest BCUT2D eigenvalue weighted by Gasteiger charge is -2.36. The van der Waals surface area contributed by atoms with Crippen molar-refractivity contribution in [3.05, 3.63) is 90.5 Å². The number of ether oxygens (including phenoxy) is 1. The molecular formula is C23H23N3O5S. The number of nitro benzene ring substituents is 2. The molecule has 2 aliphatic rings. The number of benzene rings is 2. The van der Waals surface area contributed by atoms with E-state index in [1.165, 1.54) is 29.5 Å². The van der Waals surface area contributed by atoms with E-state index in [1.807, 2.05) is 18.2 Å². The number of non-ortho nitro benzene ring substituents is 1. The summed E-state index contributed by atoms with van der Waals surface area (Å²) in [6.07, 6.45) is 4.86. The molecule has 9 heteroatoms. The van der Waals surface area contributed by atoms with E-state index in [0.29, 0.717) is 18.1 Å². The smallest absolute Gasteiger partial charge is 0.290 e. The zero-order valence-corrected chi connectivity index (χ0v) is 18.3. The number of nitrogens with zero attached hydrogens (tertiary/aromatic N) is 3. The maximum atomic E-state index is 11.6. The van der Waals surface area contributed by atoms with Gasteiger partial charge in [0.05, 0.1) is 39.7 Å². The second kappa shape index (κ2) is 9.97. The van der Waals surface area contributed by atoms with E-state index < -0.39 is 9.85 Å². The van der Waals surface area contributed by atoms with Crippen molar-refractivity contribution in [1.29, 1.82) is 0 Å². The van der Waals surface area contributed by atoms with Crippen molar-refractivity contribution in [2.24, 2.45) is 0 Å². The highest BCUT2D eigenvalue weighted by Gasteiger charge is 2.27. The molecule has 0 atom stereocenters. The molecule has 1 aliphatic heterocycles. The van der Waals surface area contributed by atoms with E-state index in [4.69, 9.17) is 4.74 Å². The molecule has 0 saturated carbocycles. The van der Waals surface area contributed by atoms with Gasteiger partial charge in [0, 0.05) is 24.1 Å². The molecule has 1 fully saturated rings.